The van der Waals surface area contributed by atoms with Crippen LogP contribution in [0.1, 0.15) is 5.56 Å². The van der Waals surface area contributed by atoms with Gasteiger partial charge in [-0.15, -0.1) is 5.10 Å². The molecular formula is C17H15N3OS. The Morgan fingerprint density at radius 3 is 2.77 bits per heavy atom. The van der Waals surface area contributed by atoms with E-state index in [1.165, 1.54) is 11.8 Å². The molecule has 110 valence electrons. The minimum atomic E-state index is -0.0472. The molecule has 0 spiro atoms. The molecule has 1 aromatic heterocycles. The number of carbonyl (C=O) groups excluding carboxylic acids is 1. The summed E-state index contributed by atoms with van der Waals surface area (Å²) in [5.41, 5.74) is 1.89. The summed E-state index contributed by atoms with van der Waals surface area (Å²) in [7, 11) is 0. The van der Waals surface area contributed by atoms with Crippen molar-refractivity contribution >= 4 is 34.1 Å². The number of rotatable bonds is 4. The van der Waals surface area contributed by atoms with Crippen LogP contribution in [0.5, 0.6) is 0 Å². The second-order valence-electron chi connectivity index (χ2n) is 4.89. The van der Waals surface area contributed by atoms with E-state index >= 15 is 0 Å². The van der Waals surface area contributed by atoms with Gasteiger partial charge in [-0.1, -0.05) is 54.2 Å². The molecule has 0 bridgehead atoms. The summed E-state index contributed by atoms with van der Waals surface area (Å²) in [6.45, 7) is 1.97. The number of para-hydroxylation sites is 1. The minimum absolute atomic E-state index is 0.0472. The summed E-state index contributed by atoms with van der Waals surface area (Å²) in [4.78, 5) is 12.1. The summed E-state index contributed by atoms with van der Waals surface area (Å²) in [5, 5.41) is 13.9. The Morgan fingerprint density at radius 1 is 1.14 bits per heavy atom. The molecule has 0 saturated carbocycles. The van der Waals surface area contributed by atoms with Crippen LogP contribution in [0.2, 0.25) is 0 Å². The van der Waals surface area contributed by atoms with Crippen LogP contribution in [0, 0.1) is 6.92 Å². The standard InChI is InChI=1S/C17H15N3OS/c1-12-6-2-5-9-15(12)19-16(21)11-22-17-14-8-4-3-7-13(14)10-18-20-17/h2-10H,11H2,1H3,(H,19,21). The topological polar surface area (TPSA) is 54.9 Å². The van der Waals surface area contributed by atoms with Crippen molar-refractivity contribution in [1.29, 1.82) is 0 Å². The Kier molecular flexibility index (Phi) is 4.34. The summed E-state index contributed by atoms with van der Waals surface area (Å²) in [5.74, 6) is 0.255. The van der Waals surface area contributed by atoms with Crippen LogP contribution in [-0.4, -0.2) is 21.9 Å². The predicted octanol–water partition coefficient (Wildman–Crippen LogP) is 3.67. The number of aryl methyl sites for hydroxylation is 1. The maximum atomic E-state index is 12.1. The largest absolute Gasteiger partial charge is 0.325 e. The van der Waals surface area contributed by atoms with Crippen LogP contribution in [-0.2, 0) is 4.79 Å². The summed E-state index contributed by atoms with van der Waals surface area (Å²) >= 11 is 1.40. The smallest absolute Gasteiger partial charge is 0.234 e. The van der Waals surface area contributed by atoms with Crippen molar-refractivity contribution in [1.82, 2.24) is 10.2 Å². The molecule has 2 aromatic carbocycles. The highest BCUT2D eigenvalue weighted by Gasteiger charge is 2.08. The van der Waals surface area contributed by atoms with Crippen molar-refractivity contribution in [3.05, 3.63) is 60.3 Å². The fraction of sp³-hybridized carbons (Fsp3) is 0.118. The van der Waals surface area contributed by atoms with E-state index in [-0.39, 0.29) is 5.91 Å². The van der Waals surface area contributed by atoms with Crippen molar-refractivity contribution in [3.8, 4) is 0 Å². The molecule has 22 heavy (non-hydrogen) atoms. The maximum absolute atomic E-state index is 12.1. The Bertz CT molecular complexity index is 814. The van der Waals surface area contributed by atoms with Crippen molar-refractivity contribution in [3.63, 3.8) is 0 Å². The lowest BCUT2D eigenvalue weighted by molar-refractivity contribution is -0.113. The number of carbonyl (C=O) groups is 1. The number of anilines is 1. The fourth-order valence-corrected chi connectivity index (χ4v) is 2.93. The van der Waals surface area contributed by atoms with Gasteiger partial charge in [0.05, 0.1) is 11.9 Å². The summed E-state index contributed by atoms with van der Waals surface area (Å²) in [6, 6.07) is 15.6. The predicted molar refractivity (Wildman–Crippen MR) is 90.1 cm³/mol. The van der Waals surface area contributed by atoms with E-state index in [4.69, 9.17) is 0 Å². The second kappa shape index (κ2) is 6.58. The molecule has 0 fully saturated rings. The van der Waals surface area contributed by atoms with E-state index in [9.17, 15) is 4.79 Å². The van der Waals surface area contributed by atoms with Gasteiger partial charge in [0.25, 0.3) is 0 Å². The second-order valence-corrected chi connectivity index (χ2v) is 5.85. The maximum Gasteiger partial charge on any atom is 0.234 e. The quantitative estimate of drug-likeness (QED) is 0.747. The van der Waals surface area contributed by atoms with Crippen molar-refractivity contribution in [2.45, 2.75) is 11.9 Å². The zero-order valence-corrected chi connectivity index (χ0v) is 12.9. The van der Waals surface area contributed by atoms with Crippen LogP contribution in [0.25, 0.3) is 10.8 Å². The molecule has 0 aliphatic heterocycles. The van der Waals surface area contributed by atoms with Gasteiger partial charge < -0.3 is 5.32 Å². The SMILES string of the molecule is Cc1ccccc1NC(=O)CSc1nncc2ccccc12. The van der Waals surface area contributed by atoms with Gasteiger partial charge >= 0.3 is 0 Å². The number of aromatic nitrogens is 2. The molecule has 3 aromatic rings. The molecule has 0 unspecified atom stereocenters. The van der Waals surface area contributed by atoms with E-state index in [0.29, 0.717) is 5.75 Å². The first kappa shape index (κ1) is 14.5. The van der Waals surface area contributed by atoms with Crippen LogP contribution in [0.3, 0.4) is 0 Å². The molecule has 4 nitrogen and oxygen atoms in total. The van der Waals surface area contributed by atoms with Gasteiger partial charge in [-0.05, 0) is 18.6 Å². The lowest BCUT2D eigenvalue weighted by atomic mass is 10.2. The van der Waals surface area contributed by atoms with Gasteiger partial charge in [0.2, 0.25) is 5.91 Å². The van der Waals surface area contributed by atoms with E-state index < -0.39 is 0 Å². The van der Waals surface area contributed by atoms with Crippen molar-refractivity contribution in [2.75, 3.05) is 11.1 Å². The monoisotopic (exact) mass is 309 g/mol. The van der Waals surface area contributed by atoms with E-state index in [0.717, 1.165) is 27.0 Å². The lowest BCUT2D eigenvalue weighted by Gasteiger charge is -2.08. The summed E-state index contributed by atoms with van der Waals surface area (Å²) in [6.07, 6.45) is 1.73. The van der Waals surface area contributed by atoms with Gasteiger partial charge in [0, 0.05) is 16.5 Å². The zero-order chi connectivity index (χ0) is 15.4. The highest BCUT2D eigenvalue weighted by atomic mass is 32.2. The van der Waals surface area contributed by atoms with E-state index in [1.54, 1.807) is 6.20 Å². The zero-order valence-electron chi connectivity index (χ0n) is 12.1. The Labute approximate surface area is 133 Å². The number of hydrogen-bond donors (Lipinski definition) is 1. The third-order valence-electron chi connectivity index (χ3n) is 3.30. The highest BCUT2D eigenvalue weighted by molar-refractivity contribution is 8.00. The number of nitrogens with zero attached hydrogens (tertiary/aromatic N) is 2. The number of fused-ring (bicyclic) bond motifs is 1. The number of nitrogens with one attached hydrogen (secondary N) is 1. The number of amides is 1. The van der Waals surface area contributed by atoms with Crippen molar-refractivity contribution in [2.24, 2.45) is 0 Å². The van der Waals surface area contributed by atoms with Crippen molar-refractivity contribution < 1.29 is 4.79 Å². The molecule has 0 radical (unpaired) electrons. The van der Waals surface area contributed by atoms with Gasteiger partial charge in [0.1, 0.15) is 5.03 Å². The first-order chi connectivity index (χ1) is 10.7. The molecular weight excluding hydrogens is 294 g/mol. The Hall–Kier alpha value is -2.40. The molecule has 1 heterocycles. The van der Waals surface area contributed by atoms with Gasteiger partial charge in [-0.3, -0.25) is 4.79 Å². The van der Waals surface area contributed by atoms with Crippen LogP contribution < -0.4 is 5.32 Å². The molecule has 3 rings (SSSR count). The number of thioether (sulfide) groups is 1. The minimum Gasteiger partial charge on any atom is -0.325 e. The lowest BCUT2D eigenvalue weighted by Crippen LogP contribution is -2.14. The fourth-order valence-electron chi connectivity index (χ4n) is 2.14. The molecule has 0 aliphatic carbocycles. The average Bonchev–Trinajstić information content (AvgIpc) is 2.55. The Morgan fingerprint density at radius 2 is 1.91 bits per heavy atom. The van der Waals surface area contributed by atoms with Crippen LogP contribution in [0.4, 0.5) is 5.69 Å². The number of hydrogen-bond acceptors (Lipinski definition) is 4. The highest BCUT2D eigenvalue weighted by Crippen LogP contribution is 2.24. The van der Waals surface area contributed by atoms with Crippen LogP contribution in [0.15, 0.2) is 59.8 Å². The average molecular weight is 309 g/mol. The first-order valence-corrected chi connectivity index (χ1v) is 7.91. The Balaban J connectivity index is 1.69. The molecule has 1 amide bonds. The third kappa shape index (κ3) is 3.26. The van der Waals surface area contributed by atoms with E-state index in [1.807, 2.05) is 55.5 Å². The molecule has 0 atom stereocenters. The third-order valence-corrected chi connectivity index (χ3v) is 4.28. The molecule has 1 N–H and O–H groups in total. The first-order valence-electron chi connectivity index (χ1n) is 6.93. The number of benzene rings is 2. The van der Waals surface area contributed by atoms with Gasteiger partial charge in [-0.25, -0.2) is 0 Å². The van der Waals surface area contributed by atoms with Gasteiger partial charge in [0.15, 0.2) is 0 Å². The normalized spacial score (nSPS) is 10.6. The van der Waals surface area contributed by atoms with E-state index in [2.05, 4.69) is 15.5 Å². The van der Waals surface area contributed by atoms with Gasteiger partial charge in [-0.2, -0.15) is 5.10 Å². The molecule has 0 aliphatic rings. The van der Waals surface area contributed by atoms with Crippen LogP contribution >= 0.6 is 11.8 Å². The molecule has 0 saturated heterocycles. The summed E-state index contributed by atoms with van der Waals surface area (Å²) < 4.78 is 0. The molecule has 5 heteroatoms.